The molecule has 120 valence electrons. The van der Waals surface area contributed by atoms with Gasteiger partial charge in [-0.1, -0.05) is 0 Å². The molecule has 1 aliphatic rings. The average molecular weight is 342 g/mol. The Morgan fingerprint density at radius 2 is 1.95 bits per heavy atom. The molecule has 0 aliphatic carbocycles. The van der Waals surface area contributed by atoms with Crippen molar-refractivity contribution in [2.45, 2.75) is 25.7 Å². The molecule has 5 nitrogen and oxygen atoms in total. The summed E-state index contributed by atoms with van der Waals surface area (Å²) in [6.45, 7) is 4.15. The first kappa shape index (κ1) is 18.6. The number of halogens is 2. The highest BCUT2D eigenvalue weighted by Gasteiger charge is 2.17. The van der Waals surface area contributed by atoms with Crippen molar-refractivity contribution in [3.63, 3.8) is 0 Å². The summed E-state index contributed by atoms with van der Waals surface area (Å²) >= 11 is 0. The lowest BCUT2D eigenvalue weighted by molar-refractivity contribution is 0.454. The van der Waals surface area contributed by atoms with E-state index in [2.05, 4.69) is 31.7 Å². The Kier molecular flexibility index (Phi) is 7.51. The third kappa shape index (κ3) is 4.80. The van der Waals surface area contributed by atoms with Crippen molar-refractivity contribution < 1.29 is 0 Å². The molecule has 0 spiro atoms. The first-order valence-corrected chi connectivity index (χ1v) is 7.04. The molecule has 0 saturated carbocycles. The average Bonchev–Trinajstić information content (AvgIpc) is 2.49. The van der Waals surface area contributed by atoms with Crippen LogP contribution in [-0.4, -0.2) is 28.0 Å². The molecule has 2 aromatic rings. The van der Waals surface area contributed by atoms with Gasteiger partial charge in [0.25, 0.3) is 0 Å². The highest BCUT2D eigenvalue weighted by Crippen LogP contribution is 2.25. The Balaban J connectivity index is 0.00000121. The molecule has 0 radical (unpaired) electrons. The van der Waals surface area contributed by atoms with E-state index in [4.69, 9.17) is 0 Å². The number of piperidine rings is 1. The maximum atomic E-state index is 4.68. The van der Waals surface area contributed by atoms with Gasteiger partial charge in [-0.15, -0.1) is 24.8 Å². The standard InChI is InChI=1S/C15H19N5.2ClH/c1-11-8-13(20-15-17-6-3-7-18-15)9-14(19-11)12-4-2-5-16-10-12;;/h3,6-9,12,16H,2,4-5,10H2,1H3,(H,17,18,19,20);2*1H. The minimum atomic E-state index is 0. The van der Waals surface area contributed by atoms with Gasteiger partial charge in [0.05, 0.1) is 0 Å². The maximum Gasteiger partial charge on any atom is 0.227 e. The third-order valence-corrected chi connectivity index (χ3v) is 3.51. The van der Waals surface area contributed by atoms with Crippen molar-refractivity contribution in [2.75, 3.05) is 18.4 Å². The maximum absolute atomic E-state index is 4.68. The first-order valence-electron chi connectivity index (χ1n) is 7.04. The fourth-order valence-electron chi connectivity index (χ4n) is 2.57. The van der Waals surface area contributed by atoms with Gasteiger partial charge in [0, 0.05) is 41.9 Å². The lowest BCUT2D eigenvalue weighted by Gasteiger charge is -2.23. The largest absolute Gasteiger partial charge is 0.324 e. The number of hydrogen-bond donors (Lipinski definition) is 2. The quantitative estimate of drug-likeness (QED) is 0.897. The molecule has 1 unspecified atom stereocenters. The SMILES string of the molecule is Cc1cc(Nc2ncccn2)cc(C2CCCNC2)n1.Cl.Cl. The number of pyridine rings is 1. The smallest absolute Gasteiger partial charge is 0.227 e. The monoisotopic (exact) mass is 341 g/mol. The van der Waals surface area contributed by atoms with Crippen LogP contribution < -0.4 is 10.6 Å². The van der Waals surface area contributed by atoms with Crippen LogP contribution in [-0.2, 0) is 0 Å². The van der Waals surface area contributed by atoms with E-state index in [0.29, 0.717) is 11.9 Å². The van der Waals surface area contributed by atoms with Crippen LogP contribution in [0.1, 0.15) is 30.1 Å². The molecule has 22 heavy (non-hydrogen) atoms. The highest BCUT2D eigenvalue weighted by molar-refractivity contribution is 5.85. The summed E-state index contributed by atoms with van der Waals surface area (Å²) in [6, 6.07) is 5.94. The van der Waals surface area contributed by atoms with Crippen LogP contribution >= 0.6 is 24.8 Å². The number of nitrogens with zero attached hydrogens (tertiary/aromatic N) is 3. The molecule has 0 bridgehead atoms. The summed E-state index contributed by atoms with van der Waals surface area (Å²) in [7, 11) is 0. The Labute approximate surface area is 143 Å². The molecule has 1 fully saturated rings. The second-order valence-corrected chi connectivity index (χ2v) is 5.16. The van der Waals surface area contributed by atoms with Crippen LogP contribution in [0.15, 0.2) is 30.6 Å². The summed E-state index contributed by atoms with van der Waals surface area (Å²) in [4.78, 5) is 13.1. The predicted octanol–water partition coefficient (Wildman–Crippen LogP) is 3.23. The highest BCUT2D eigenvalue weighted by atomic mass is 35.5. The van der Waals surface area contributed by atoms with Gasteiger partial charge < -0.3 is 10.6 Å². The summed E-state index contributed by atoms with van der Waals surface area (Å²) < 4.78 is 0. The first-order chi connectivity index (χ1) is 9.81. The van der Waals surface area contributed by atoms with E-state index in [9.17, 15) is 0 Å². The van der Waals surface area contributed by atoms with Crippen LogP contribution in [0.3, 0.4) is 0 Å². The van der Waals surface area contributed by atoms with Gasteiger partial charge in [0.2, 0.25) is 5.95 Å². The van der Waals surface area contributed by atoms with Crippen molar-refractivity contribution in [1.82, 2.24) is 20.3 Å². The summed E-state index contributed by atoms with van der Waals surface area (Å²) in [5.74, 6) is 1.12. The predicted molar refractivity (Wildman–Crippen MR) is 93.6 cm³/mol. The van der Waals surface area contributed by atoms with Gasteiger partial charge in [-0.2, -0.15) is 0 Å². The number of aryl methyl sites for hydroxylation is 1. The molecule has 1 aliphatic heterocycles. The van der Waals surface area contributed by atoms with Crippen molar-refractivity contribution in [3.8, 4) is 0 Å². The molecule has 1 atom stereocenters. The van der Waals surface area contributed by atoms with E-state index < -0.39 is 0 Å². The van der Waals surface area contributed by atoms with E-state index in [-0.39, 0.29) is 24.8 Å². The zero-order valence-corrected chi connectivity index (χ0v) is 14.1. The van der Waals surface area contributed by atoms with Crippen molar-refractivity contribution >= 4 is 36.4 Å². The van der Waals surface area contributed by atoms with Gasteiger partial charge in [0.1, 0.15) is 0 Å². The molecule has 7 heteroatoms. The molecular weight excluding hydrogens is 321 g/mol. The Bertz CT molecular complexity index is 573. The van der Waals surface area contributed by atoms with Gasteiger partial charge >= 0.3 is 0 Å². The number of aromatic nitrogens is 3. The summed E-state index contributed by atoms with van der Waals surface area (Å²) in [5.41, 5.74) is 3.17. The molecular formula is C15H21Cl2N5. The Hall–Kier alpha value is -1.43. The van der Waals surface area contributed by atoms with Gasteiger partial charge in [-0.3, -0.25) is 4.98 Å². The fraction of sp³-hybridized carbons (Fsp3) is 0.400. The molecule has 3 rings (SSSR count). The van der Waals surface area contributed by atoms with E-state index in [1.54, 1.807) is 12.4 Å². The zero-order valence-electron chi connectivity index (χ0n) is 12.5. The van der Waals surface area contributed by atoms with Gasteiger partial charge in [-0.25, -0.2) is 9.97 Å². The zero-order chi connectivity index (χ0) is 13.8. The van der Waals surface area contributed by atoms with Crippen LogP contribution in [0.5, 0.6) is 0 Å². The van der Waals surface area contributed by atoms with Gasteiger partial charge in [0.15, 0.2) is 0 Å². The molecule has 1 saturated heterocycles. The third-order valence-electron chi connectivity index (χ3n) is 3.51. The van der Waals surface area contributed by atoms with Crippen LogP contribution in [0.25, 0.3) is 0 Å². The summed E-state index contributed by atoms with van der Waals surface area (Å²) in [5, 5.41) is 6.68. The molecule has 3 heterocycles. The van der Waals surface area contributed by atoms with E-state index in [1.165, 1.54) is 12.8 Å². The lowest BCUT2D eigenvalue weighted by atomic mass is 9.95. The Morgan fingerprint density at radius 3 is 2.64 bits per heavy atom. The number of rotatable bonds is 3. The molecule has 2 N–H and O–H groups in total. The van der Waals surface area contributed by atoms with Gasteiger partial charge in [-0.05, 0) is 44.5 Å². The van der Waals surface area contributed by atoms with Crippen LogP contribution in [0.2, 0.25) is 0 Å². The topological polar surface area (TPSA) is 62.7 Å². The second-order valence-electron chi connectivity index (χ2n) is 5.16. The minimum Gasteiger partial charge on any atom is -0.324 e. The summed E-state index contributed by atoms with van der Waals surface area (Å²) in [6.07, 6.45) is 5.88. The number of nitrogens with one attached hydrogen (secondary N) is 2. The van der Waals surface area contributed by atoms with Crippen molar-refractivity contribution in [2.24, 2.45) is 0 Å². The molecule has 0 amide bonds. The normalized spacial score (nSPS) is 17.0. The van der Waals surface area contributed by atoms with E-state index >= 15 is 0 Å². The number of anilines is 2. The molecule has 0 aromatic carbocycles. The van der Waals surface area contributed by atoms with Crippen molar-refractivity contribution in [3.05, 3.63) is 42.0 Å². The van der Waals surface area contributed by atoms with Crippen molar-refractivity contribution in [1.29, 1.82) is 0 Å². The number of hydrogen-bond acceptors (Lipinski definition) is 5. The van der Waals surface area contributed by atoms with Crippen LogP contribution in [0.4, 0.5) is 11.6 Å². The van der Waals surface area contributed by atoms with E-state index in [1.807, 2.05) is 19.1 Å². The molecule has 2 aromatic heterocycles. The Morgan fingerprint density at radius 1 is 1.18 bits per heavy atom. The minimum absolute atomic E-state index is 0. The lowest BCUT2D eigenvalue weighted by Crippen LogP contribution is -2.29. The van der Waals surface area contributed by atoms with E-state index in [0.717, 1.165) is 30.2 Å². The fourth-order valence-corrected chi connectivity index (χ4v) is 2.57. The second kappa shape index (κ2) is 8.88. The van der Waals surface area contributed by atoms with Crippen LogP contribution in [0, 0.1) is 6.92 Å².